The number of nitrogens with zero attached hydrogens (tertiary/aromatic N) is 2. The molecule has 3 unspecified atom stereocenters. The fourth-order valence-electron chi connectivity index (χ4n) is 3.98. The number of esters is 1. The Balaban J connectivity index is 1.52. The van der Waals surface area contributed by atoms with Gasteiger partial charge in [-0.3, -0.25) is 9.69 Å². The summed E-state index contributed by atoms with van der Waals surface area (Å²) < 4.78 is 5.52. The van der Waals surface area contributed by atoms with Crippen LogP contribution >= 0.6 is 0 Å². The van der Waals surface area contributed by atoms with Crippen LogP contribution < -0.4 is 0 Å². The quantitative estimate of drug-likeness (QED) is 0.794. The van der Waals surface area contributed by atoms with E-state index >= 15 is 0 Å². The van der Waals surface area contributed by atoms with E-state index < -0.39 is 0 Å². The average molecular weight is 330 g/mol. The molecule has 2 saturated heterocycles. The molecule has 2 fully saturated rings. The van der Waals surface area contributed by atoms with Crippen molar-refractivity contribution in [3.8, 4) is 0 Å². The molecule has 1 aromatic carbocycles. The van der Waals surface area contributed by atoms with Crippen molar-refractivity contribution >= 4 is 11.9 Å². The van der Waals surface area contributed by atoms with Crippen molar-refractivity contribution in [3.05, 3.63) is 35.9 Å². The highest BCUT2D eigenvalue weighted by Crippen LogP contribution is 2.35. The molecule has 0 radical (unpaired) electrons. The number of hydrogen-bond donors (Lipinski definition) is 0. The molecular weight excluding hydrogens is 304 g/mol. The van der Waals surface area contributed by atoms with Gasteiger partial charge in [0, 0.05) is 32.1 Å². The lowest BCUT2D eigenvalue weighted by molar-refractivity contribution is -0.135. The highest BCUT2D eigenvalue weighted by molar-refractivity contribution is 5.89. The van der Waals surface area contributed by atoms with E-state index in [0.29, 0.717) is 18.2 Å². The summed E-state index contributed by atoms with van der Waals surface area (Å²) in [5.41, 5.74) is 0.599. The Morgan fingerprint density at radius 2 is 1.92 bits per heavy atom. The van der Waals surface area contributed by atoms with Gasteiger partial charge in [0.15, 0.2) is 0 Å². The van der Waals surface area contributed by atoms with Crippen LogP contribution in [0.2, 0.25) is 0 Å². The Hall–Kier alpha value is -1.88. The molecule has 5 nitrogen and oxygen atoms in total. The molecule has 2 heterocycles. The summed E-state index contributed by atoms with van der Waals surface area (Å²) in [6, 6.07) is 9.86. The van der Waals surface area contributed by atoms with E-state index in [1.165, 1.54) is 0 Å². The summed E-state index contributed by atoms with van der Waals surface area (Å²) >= 11 is 0. The first kappa shape index (κ1) is 17.0. The molecule has 0 saturated carbocycles. The second kappa shape index (κ2) is 7.34. The van der Waals surface area contributed by atoms with E-state index in [1.54, 1.807) is 17.0 Å². The molecular formula is C19H26N2O3. The van der Waals surface area contributed by atoms with Crippen molar-refractivity contribution in [2.75, 3.05) is 27.2 Å². The van der Waals surface area contributed by atoms with Gasteiger partial charge in [0.1, 0.15) is 6.61 Å². The van der Waals surface area contributed by atoms with Gasteiger partial charge in [-0.25, -0.2) is 4.79 Å². The zero-order valence-corrected chi connectivity index (χ0v) is 14.5. The predicted molar refractivity (Wildman–Crippen MR) is 91.7 cm³/mol. The SMILES string of the molecule is CN(C)C(=O)C1CCN2C(COC(=O)c3ccccc3)CCC2C1. The molecule has 0 bridgehead atoms. The Morgan fingerprint density at radius 1 is 1.17 bits per heavy atom. The monoisotopic (exact) mass is 330 g/mol. The lowest BCUT2D eigenvalue weighted by atomic mass is 9.90. The number of hydrogen-bond acceptors (Lipinski definition) is 4. The Morgan fingerprint density at radius 3 is 2.62 bits per heavy atom. The molecule has 1 aromatic rings. The molecule has 5 heteroatoms. The van der Waals surface area contributed by atoms with Gasteiger partial charge in [0.25, 0.3) is 0 Å². The minimum Gasteiger partial charge on any atom is -0.460 e. The molecule has 130 valence electrons. The van der Waals surface area contributed by atoms with Crippen molar-refractivity contribution in [2.45, 2.75) is 37.8 Å². The zero-order valence-electron chi connectivity index (χ0n) is 14.5. The average Bonchev–Trinajstić information content (AvgIpc) is 3.01. The van der Waals surface area contributed by atoms with Crippen LogP contribution in [0.25, 0.3) is 0 Å². The van der Waals surface area contributed by atoms with Gasteiger partial charge in [-0.2, -0.15) is 0 Å². The van der Waals surface area contributed by atoms with Gasteiger partial charge in [0.2, 0.25) is 5.91 Å². The van der Waals surface area contributed by atoms with Crippen LogP contribution in [-0.2, 0) is 9.53 Å². The largest absolute Gasteiger partial charge is 0.460 e. The lowest BCUT2D eigenvalue weighted by Crippen LogP contribution is -2.47. The topological polar surface area (TPSA) is 49.9 Å². The number of benzene rings is 1. The van der Waals surface area contributed by atoms with Gasteiger partial charge in [-0.1, -0.05) is 18.2 Å². The highest BCUT2D eigenvalue weighted by Gasteiger charge is 2.40. The number of carbonyl (C=O) groups is 2. The van der Waals surface area contributed by atoms with Gasteiger partial charge in [0.05, 0.1) is 5.56 Å². The van der Waals surface area contributed by atoms with Crippen molar-refractivity contribution in [2.24, 2.45) is 5.92 Å². The molecule has 2 aliphatic rings. The van der Waals surface area contributed by atoms with E-state index in [2.05, 4.69) is 4.90 Å². The van der Waals surface area contributed by atoms with E-state index in [0.717, 1.165) is 32.2 Å². The summed E-state index contributed by atoms with van der Waals surface area (Å²) in [5, 5.41) is 0. The Bertz CT molecular complexity index is 588. The molecule has 0 spiro atoms. The minimum atomic E-state index is -0.253. The standard InChI is InChI=1S/C19H26N2O3/c1-20(2)18(22)15-10-11-21-16(12-15)8-9-17(21)13-24-19(23)14-6-4-3-5-7-14/h3-7,15-17H,8-13H2,1-2H3. The maximum atomic E-state index is 12.2. The van der Waals surface area contributed by atoms with Crippen LogP contribution in [0.5, 0.6) is 0 Å². The third kappa shape index (κ3) is 3.61. The fraction of sp³-hybridized carbons (Fsp3) is 0.579. The number of fused-ring (bicyclic) bond motifs is 1. The van der Waals surface area contributed by atoms with Crippen molar-refractivity contribution < 1.29 is 14.3 Å². The van der Waals surface area contributed by atoms with Gasteiger partial charge < -0.3 is 9.64 Å². The first-order valence-electron chi connectivity index (χ1n) is 8.75. The molecule has 2 aliphatic heterocycles. The molecule has 1 amide bonds. The first-order valence-corrected chi connectivity index (χ1v) is 8.75. The molecule has 0 aromatic heterocycles. The van der Waals surface area contributed by atoms with Crippen molar-refractivity contribution in [1.82, 2.24) is 9.80 Å². The second-order valence-corrected chi connectivity index (χ2v) is 7.04. The summed E-state index contributed by atoms with van der Waals surface area (Å²) in [5.74, 6) is 0.136. The summed E-state index contributed by atoms with van der Waals surface area (Å²) in [6.45, 7) is 1.36. The predicted octanol–water partition coefficient (Wildman–Crippen LogP) is 2.17. The smallest absolute Gasteiger partial charge is 0.338 e. The van der Waals surface area contributed by atoms with E-state index in [1.807, 2.05) is 32.3 Å². The third-order valence-corrected chi connectivity index (χ3v) is 5.27. The maximum absolute atomic E-state index is 12.2. The first-order chi connectivity index (χ1) is 11.6. The lowest BCUT2D eigenvalue weighted by Gasteiger charge is -2.37. The van der Waals surface area contributed by atoms with Gasteiger partial charge in [-0.15, -0.1) is 0 Å². The van der Waals surface area contributed by atoms with Crippen LogP contribution in [0, 0.1) is 5.92 Å². The summed E-state index contributed by atoms with van der Waals surface area (Å²) in [4.78, 5) is 28.4. The van der Waals surface area contributed by atoms with Crippen molar-refractivity contribution in [1.29, 1.82) is 0 Å². The van der Waals surface area contributed by atoms with Gasteiger partial charge >= 0.3 is 5.97 Å². The maximum Gasteiger partial charge on any atom is 0.338 e. The Labute approximate surface area is 143 Å². The normalized spacial score (nSPS) is 26.7. The molecule has 24 heavy (non-hydrogen) atoms. The van der Waals surface area contributed by atoms with E-state index in [9.17, 15) is 9.59 Å². The third-order valence-electron chi connectivity index (χ3n) is 5.27. The second-order valence-electron chi connectivity index (χ2n) is 7.04. The fourth-order valence-corrected chi connectivity index (χ4v) is 3.98. The highest BCUT2D eigenvalue weighted by atomic mass is 16.5. The molecule has 3 rings (SSSR count). The van der Waals surface area contributed by atoms with E-state index in [-0.39, 0.29) is 23.8 Å². The minimum absolute atomic E-state index is 0.145. The Kier molecular flexibility index (Phi) is 5.19. The van der Waals surface area contributed by atoms with Crippen LogP contribution in [0.1, 0.15) is 36.0 Å². The number of carbonyl (C=O) groups excluding carboxylic acids is 2. The van der Waals surface area contributed by atoms with Crippen LogP contribution in [0.4, 0.5) is 0 Å². The number of ether oxygens (including phenoxy) is 1. The van der Waals surface area contributed by atoms with Crippen molar-refractivity contribution in [3.63, 3.8) is 0 Å². The van der Waals surface area contributed by atoms with Crippen LogP contribution in [0.15, 0.2) is 30.3 Å². The number of amides is 1. The summed E-state index contributed by atoms with van der Waals surface area (Å²) in [7, 11) is 3.66. The van der Waals surface area contributed by atoms with Crippen LogP contribution in [-0.4, -0.2) is 61.0 Å². The molecule has 3 atom stereocenters. The van der Waals surface area contributed by atoms with E-state index in [4.69, 9.17) is 4.74 Å². The van der Waals surface area contributed by atoms with Crippen LogP contribution in [0.3, 0.4) is 0 Å². The number of rotatable bonds is 4. The molecule has 0 aliphatic carbocycles. The molecule has 0 N–H and O–H groups in total. The zero-order chi connectivity index (χ0) is 17.1. The number of piperidine rings is 1. The summed E-state index contributed by atoms with van der Waals surface area (Å²) in [6.07, 6.45) is 3.96. The van der Waals surface area contributed by atoms with Gasteiger partial charge in [-0.05, 0) is 44.4 Å².